The number of oxazole rings is 1. The van der Waals surface area contributed by atoms with Gasteiger partial charge in [0.2, 0.25) is 0 Å². The van der Waals surface area contributed by atoms with Crippen LogP contribution < -0.4 is 4.90 Å². The second-order valence-electron chi connectivity index (χ2n) is 3.82. The minimum atomic E-state index is -0.0440. The summed E-state index contributed by atoms with van der Waals surface area (Å²) in [7, 11) is 0. The summed E-state index contributed by atoms with van der Waals surface area (Å²) in [5, 5.41) is 0. The molecule has 0 N–H and O–H groups in total. The highest BCUT2D eigenvalue weighted by atomic mass is 16.5. The number of para-hydroxylation sites is 1. The summed E-state index contributed by atoms with van der Waals surface area (Å²) in [4.78, 5) is 5.94. The molecule has 0 spiro atoms. The van der Waals surface area contributed by atoms with Crippen LogP contribution in [0.1, 0.15) is 12.7 Å². The molecule has 1 aliphatic rings. The highest BCUT2D eigenvalue weighted by molar-refractivity contribution is 5.64. The van der Waals surface area contributed by atoms with Crippen molar-refractivity contribution in [1.29, 1.82) is 0 Å². The van der Waals surface area contributed by atoms with Crippen molar-refractivity contribution in [1.82, 2.24) is 4.98 Å². The van der Waals surface area contributed by atoms with Crippen molar-refractivity contribution in [2.24, 2.45) is 0 Å². The van der Waals surface area contributed by atoms with Crippen molar-refractivity contribution >= 4 is 11.4 Å². The first-order valence-corrected chi connectivity index (χ1v) is 5.45. The third-order valence-corrected chi connectivity index (χ3v) is 2.68. The van der Waals surface area contributed by atoms with E-state index in [2.05, 4.69) is 9.88 Å². The van der Waals surface area contributed by atoms with Crippen LogP contribution in [-0.4, -0.2) is 11.2 Å². The van der Waals surface area contributed by atoms with Gasteiger partial charge in [0.15, 0.2) is 24.1 Å². The van der Waals surface area contributed by atoms with Crippen molar-refractivity contribution in [3.05, 3.63) is 54.9 Å². The van der Waals surface area contributed by atoms with E-state index in [1.165, 1.54) is 6.39 Å². The third kappa shape index (κ3) is 1.78. The predicted molar refractivity (Wildman–Crippen MR) is 63.9 cm³/mol. The van der Waals surface area contributed by atoms with Gasteiger partial charge in [0.25, 0.3) is 0 Å². The molecule has 0 amide bonds. The van der Waals surface area contributed by atoms with Gasteiger partial charge in [-0.1, -0.05) is 18.2 Å². The summed E-state index contributed by atoms with van der Waals surface area (Å²) < 4.78 is 10.9. The first kappa shape index (κ1) is 9.96. The molecule has 0 bridgehead atoms. The molecule has 1 unspecified atom stereocenters. The first-order valence-electron chi connectivity index (χ1n) is 5.45. The van der Waals surface area contributed by atoms with Crippen LogP contribution in [-0.2, 0) is 4.74 Å². The molecule has 0 saturated heterocycles. The summed E-state index contributed by atoms with van der Waals surface area (Å²) in [6.07, 6.45) is 4.93. The summed E-state index contributed by atoms with van der Waals surface area (Å²) in [5.41, 5.74) is 1.09. The molecule has 17 heavy (non-hydrogen) atoms. The zero-order valence-corrected chi connectivity index (χ0v) is 9.41. The number of anilines is 1. The van der Waals surface area contributed by atoms with Gasteiger partial charge in [-0.3, -0.25) is 0 Å². The Morgan fingerprint density at radius 1 is 1.24 bits per heavy atom. The molecule has 4 heteroatoms. The first-order chi connectivity index (χ1) is 8.34. The lowest BCUT2D eigenvalue weighted by Gasteiger charge is -2.20. The van der Waals surface area contributed by atoms with Gasteiger partial charge < -0.3 is 14.1 Å². The lowest BCUT2D eigenvalue weighted by Crippen LogP contribution is -2.23. The van der Waals surface area contributed by atoms with Gasteiger partial charge in [-0.15, -0.1) is 0 Å². The van der Waals surface area contributed by atoms with Crippen LogP contribution in [0.25, 0.3) is 5.76 Å². The summed E-state index contributed by atoms with van der Waals surface area (Å²) in [5.74, 6) is 1.36. The molecule has 86 valence electrons. The Kier molecular flexibility index (Phi) is 2.33. The van der Waals surface area contributed by atoms with Crippen LogP contribution in [0.15, 0.2) is 53.5 Å². The van der Waals surface area contributed by atoms with Gasteiger partial charge >= 0.3 is 0 Å². The highest BCUT2D eigenvalue weighted by Gasteiger charge is 2.25. The molecule has 1 aromatic carbocycles. The molecular formula is C13H12N2O2. The lowest BCUT2D eigenvalue weighted by molar-refractivity contribution is 0.206. The zero-order chi connectivity index (χ0) is 11.7. The summed E-state index contributed by atoms with van der Waals surface area (Å²) in [6.45, 7) is 1.99. The maximum atomic E-state index is 5.73. The van der Waals surface area contributed by atoms with Crippen molar-refractivity contribution < 1.29 is 9.15 Å². The Morgan fingerprint density at radius 3 is 2.76 bits per heavy atom. The molecule has 4 nitrogen and oxygen atoms in total. The molecule has 1 aromatic heterocycles. The van der Waals surface area contributed by atoms with Crippen LogP contribution in [0.2, 0.25) is 0 Å². The van der Waals surface area contributed by atoms with E-state index in [9.17, 15) is 0 Å². The smallest absolute Gasteiger partial charge is 0.190 e. The summed E-state index contributed by atoms with van der Waals surface area (Å²) >= 11 is 0. The van der Waals surface area contributed by atoms with Gasteiger partial charge in [-0.05, 0) is 19.1 Å². The quantitative estimate of drug-likeness (QED) is 0.792. The highest BCUT2D eigenvalue weighted by Crippen LogP contribution is 2.30. The van der Waals surface area contributed by atoms with E-state index in [1.54, 1.807) is 6.20 Å². The number of ether oxygens (including phenoxy) is 1. The van der Waals surface area contributed by atoms with Crippen LogP contribution in [0.4, 0.5) is 5.69 Å². The lowest BCUT2D eigenvalue weighted by atomic mass is 10.3. The minimum absolute atomic E-state index is 0.0440. The van der Waals surface area contributed by atoms with Crippen LogP contribution in [0, 0.1) is 0 Å². The van der Waals surface area contributed by atoms with Gasteiger partial charge in [0.05, 0.1) is 12.4 Å². The van der Waals surface area contributed by atoms with E-state index in [4.69, 9.17) is 9.15 Å². The molecule has 0 aliphatic carbocycles. The van der Waals surface area contributed by atoms with Crippen LogP contribution >= 0.6 is 0 Å². The molecular weight excluding hydrogens is 216 g/mol. The van der Waals surface area contributed by atoms with E-state index < -0.39 is 0 Å². The average molecular weight is 228 g/mol. The molecule has 2 heterocycles. The van der Waals surface area contributed by atoms with Gasteiger partial charge in [0.1, 0.15) is 0 Å². The second kappa shape index (κ2) is 3.97. The average Bonchev–Trinajstić information content (AvgIpc) is 2.99. The largest absolute Gasteiger partial charge is 0.465 e. The van der Waals surface area contributed by atoms with Crippen LogP contribution in [0.5, 0.6) is 0 Å². The standard InChI is InChI=1S/C13H12N2O2/c1-10-15(11-5-3-2-4-6-11)8-13(17-10)12-7-14-9-16-12/h2-10H,1H3. The number of hydrogen-bond donors (Lipinski definition) is 0. The fraction of sp³-hybridized carbons (Fsp3) is 0.154. The molecule has 1 atom stereocenters. The monoisotopic (exact) mass is 228 g/mol. The van der Waals surface area contributed by atoms with Crippen molar-refractivity contribution in [3.8, 4) is 0 Å². The molecule has 3 rings (SSSR count). The number of nitrogens with zero attached hydrogens (tertiary/aromatic N) is 2. The molecule has 0 radical (unpaired) electrons. The SMILES string of the molecule is CC1OC(c2cnco2)=CN1c1ccccc1. The summed E-state index contributed by atoms with van der Waals surface area (Å²) in [6, 6.07) is 10.1. The zero-order valence-electron chi connectivity index (χ0n) is 9.41. The maximum absolute atomic E-state index is 5.73. The minimum Gasteiger partial charge on any atom is -0.465 e. The Morgan fingerprint density at radius 2 is 2.06 bits per heavy atom. The third-order valence-electron chi connectivity index (χ3n) is 2.68. The number of aromatic nitrogens is 1. The Hall–Kier alpha value is -2.23. The normalized spacial score (nSPS) is 19.0. The Labute approximate surface area is 99.1 Å². The maximum Gasteiger partial charge on any atom is 0.190 e. The van der Waals surface area contributed by atoms with Crippen molar-refractivity contribution in [2.75, 3.05) is 4.90 Å². The topological polar surface area (TPSA) is 38.5 Å². The van der Waals surface area contributed by atoms with E-state index >= 15 is 0 Å². The fourth-order valence-electron chi connectivity index (χ4n) is 1.85. The van der Waals surface area contributed by atoms with Gasteiger partial charge in [-0.2, -0.15) is 0 Å². The predicted octanol–water partition coefficient (Wildman–Crippen LogP) is 2.86. The Balaban J connectivity index is 1.92. The number of rotatable bonds is 2. The van der Waals surface area contributed by atoms with E-state index in [-0.39, 0.29) is 6.23 Å². The molecule has 0 saturated carbocycles. The van der Waals surface area contributed by atoms with Crippen LogP contribution in [0.3, 0.4) is 0 Å². The van der Waals surface area contributed by atoms with E-state index in [0.29, 0.717) is 11.5 Å². The van der Waals surface area contributed by atoms with Crippen molar-refractivity contribution in [2.45, 2.75) is 13.2 Å². The molecule has 1 aliphatic heterocycles. The fourth-order valence-corrected chi connectivity index (χ4v) is 1.85. The van der Waals surface area contributed by atoms with E-state index in [0.717, 1.165) is 5.69 Å². The Bertz CT molecular complexity index is 520. The molecule has 0 fully saturated rings. The second-order valence-corrected chi connectivity index (χ2v) is 3.82. The van der Waals surface area contributed by atoms with Crippen molar-refractivity contribution in [3.63, 3.8) is 0 Å². The number of hydrogen-bond acceptors (Lipinski definition) is 4. The number of benzene rings is 1. The van der Waals surface area contributed by atoms with Gasteiger partial charge in [0, 0.05) is 5.69 Å². The van der Waals surface area contributed by atoms with Gasteiger partial charge in [-0.25, -0.2) is 4.98 Å². The van der Waals surface area contributed by atoms with E-state index in [1.807, 2.05) is 43.5 Å². The molecule has 2 aromatic rings.